The molecule has 17 heavy (non-hydrogen) atoms. The summed E-state index contributed by atoms with van der Waals surface area (Å²) in [4.78, 5) is 0. The fourth-order valence-electron chi connectivity index (χ4n) is 1.47. The lowest BCUT2D eigenvalue weighted by atomic mass is 10.2. The van der Waals surface area contributed by atoms with Crippen LogP contribution in [0.5, 0.6) is 0 Å². The van der Waals surface area contributed by atoms with Crippen LogP contribution in [-0.4, -0.2) is 0 Å². The lowest BCUT2D eigenvalue weighted by Gasteiger charge is -2.12. The first-order valence-corrected chi connectivity index (χ1v) is 5.82. The molecule has 0 aliphatic rings. The second-order valence-electron chi connectivity index (χ2n) is 3.64. The minimum atomic E-state index is -0.872. The summed E-state index contributed by atoms with van der Waals surface area (Å²) in [6, 6.07) is 7.13. The van der Waals surface area contributed by atoms with Gasteiger partial charge in [-0.1, -0.05) is 0 Å². The maximum Gasteiger partial charge on any atom is 0.169 e. The first kappa shape index (κ1) is 12.1. The molecule has 0 spiro atoms. The summed E-state index contributed by atoms with van der Waals surface area (Å²) in [5.41, 5.74) is 0.504. The van der Waals surface area contributed by atoms with Gasteiger partial charge < -0.3 is 9.73 Å². The van der Waals surface area contributed by atoms with Gasteiger partial charge in [-0.05, 0) is 47.1 Å². The summed E-state index contributed by atoms with van der Waals surface area (Å²) in [7, 11) is 0. The third kappa shape index (κ3) is 2.85. The highest BCUT2D eigenvalue weighted by Crippen LogP contribution is 2.24. The van der Waals surface area contributed by atoms with Gasteiger partial charge in [0.15, 0.2) is 16.3 Å². The van der Waals surface area contributed by atoms with E-state index < -0.39 is 11.6 Å². The van der Waals surface area contributed by atoms with Gasteiger partial charge in [-0.25, -0.2) is 8.78 Å². The molecule has 1 aromatic heterocycles. The molecule has 2 nitrogen and oxygen atoms in total. The van der Waals surface area contributed by atoms with E-state index in [0.717, 1.165) is 12.1 Å². The molecule has 1 heterocycles. The van der Waals surface area contributed by atoms with Crippen LogP contribution < -0.4 is 5.32 Å². The molecule has 1 unspecified atom stereocenters. The number of benzene rings is 1. The predicted molar refractivity (Wildman–Crippen MR) is 64.8 cm³/mol. The highest BCUT2D eigenvalue weighted by Gasteiger charge is 2.10. The Labute approximate surface area is 106 Å². The van der Waals surface area contributed by atoms with Crippen LogP contribution in [0.3, 0.4) is 0 Å². The Hall–Kier alpha value is -1.36. The highest BCUT2D eigenvalue weighted by atomic mass is 79.9. The second-order valence-corrected chi connectivity index (χ2v) is 4.42. The lowest BCUT2D eigenvalue weighted by molar-refractivity contribution is 0.470. The average molecular weight is 302 g/mol. The van der Waals surface area contributed by atoms with Crippen molar-refractivity contribution in [2.45, 2.75) is 13.0 Å². The van der Waals surface area contributed by atoms with Crippen LogP contribution in [0.25, 0.3) is 0 Å². The van der Waals surface area contributed by atoms with Crippen LogP contribution >= 0.6 is 15.9 Å². The molecular formula is C12H10BrF2NO. The van der Waals surface area contributed by atoms with Crippen LogP contribution in [-0.2, 0) is 0 Å². The van der Waals surface area contributed by atoms with Crippen LogP contribution in [0.4, 0.5) is 14.5 Å². The number of hydrogen-bond donors (Lipinski definition) is 1. The zero-order chi connectivity index (χ0) is 12.4. The number of rotatable bonds is 3. The molecule has 0 fully saturated rings. The number of halogens is 3. The van der Waals surface area contributed by atoms with Crippen molar-refractivity contribution in [3.8, 4) is 0 Å². The summed E-state index contributed by atoms with van der Waals surface area (Å²) >= 11 is 3.20. The van der Waals surface area contributed by atoms with E-state index in [1.54, 1.807) is 6.07 Å². The smallest absolute Gasteiger partial charge is 0.169 e. The van der Waals surface area contributed by atoms with Crippen LogP contribution in [0.2, 0.25) is 0 Å². The van der Waals surface area contributed by atoms with Crippen molar-refractivity contribution in [2.24, 2.45) is 0 Å². The molecule has 2 rings (SSSR count). The quantitative estimate of drug-likeness (QED) is 0.903. The fourth-order valence-corrected chi connectivity index (χ4v) is 1.79. The van der Waals surface area contributed by atoms with E-state index >= 15 is 0 Å². The van der Waals surface area contributed by atoms with Gasteiger partial charge in [0, 0.05) is 11.8 Å². The summed E-state index contributed by atoms with van der Waals surface area (Å²) in [5.74, 6) is -1.02. The molecule has 0 saturated heterocycles. The van der Waals surface area contributed by atoms with E-state index in [1.807, 2.05) is 13.0 Å². The van der Waals surface area contributed by atoms with Crippen molar-refractivity contribution in [2.75, 3.05) is 5.32 Å². The van der Waals surface area contributed by atoms with E-state index in [9.17, 15) is 8.78 Å². The normalized spacial score (nSPS) is 12.5. The van der Waals surface area contributed by atoms with Crippen LogP contribution in [0, 0.1) is 11.6 Å². The molecule has 5 heteroatoms. The molecule has 1 aromatic carbocycles. The van der Waals surface area contributed by atoms with Gasteiger partial charge in [-0.2, -0.15) is 0 Å². The van der Waals surface area contributed by atoms with Crippen molar-refractivity contribution < 1.29 is 13.2 Å². The summed E-state index contributed by atoms with van der Waals surface area (Å²) in [6.07, 6.45) is 0. The minimum absolute atomic E-state index is 0.133. The molecule has 0 saturated carbocycles. The van der Waals surface area contributed by atoms with Gasteiger partial charge in [0.05, 0.1) is 6.04 Å². The molecule has 0 amide bonds. The molecule has 1 atom stereocenters. The van der Waals surface area contributed by atoms with Crippen molar-refractivity contribution in [3.63, 3.8) is 0 Å². The molecule has 0 aliphatic carbocycles. The van der Waals surface area contributed by atoms with E-state index in [0.29, 0.717) is 16.1 Å². The maximum absolute atomic E-state index is 13.0. The molecule has 1 N–H and O–H groups in total. The van der Waals surface area contributed by atoms with Crippen LogP contribution in [0.1, 0.15) is 18.7 Å². The number of furan rings is 1. The maximum atomic E-state index is 13.0. The van der Waals surface area contributed by atoms with E-state index in [4.69, 9.17) is 4.42 Å². The Morgan fingerprint density at radius 2 is 1.94 bits per heavy atom. The number of nitrogens with one attached hydrogen (secondary N) is 1. The fraction of sp³-hybridized carbons (Fsp3) is 0.167. The molecule has 2 aromatic rings. The minimum Gasteiger partial charge on any atom is -0.452 e. The van der Waals surface area contributed by atoms with Gasteiger partial charge in [0.2, 0.25) is 0 Å². The first-order chi connectivity index (χ1) is 8.06. The molecule has 0 bridgehead atoms. The third-order valence-corrected chi connectivity index (χ3v) is 2.75. The van der Waals surface area contributed by atoms with Crippen LogP contribution in [0.15, 0.2) is 39.4 Å². The highest BCUT2D eigenvalue weighted by molar-refractivity contribution is 9.10. The van der Waals surface area contributed by atoms with E-state index in [1.165, 1.54) is 6.07 Å². The summed E-state index contributed by atoms with van der Waals surface area (Å²) in [5, 5.41) is 3.02. The van der Waals surface area contributed by atoms with Crippen molar-refractivity contribution in [1.82, 2.24) is 0 Å². The number of hydrogen-bond acceptors (Lipinski definition) is 2. The standard InChI is InChI=1S/C12H10BrF2NO/c1-7(11-4-5-12(13)17-11)16-8-2-3-9(14)10(15)6-8/h2-7,16H,1H3. The Bertz CT molecular complexity index is 527. The van der Waals surface area contributed by atoms with Gasteiger partial charge in [0.1, 0.15) is 5.76 Å². The van der Waals surface area contributed by atoms with Crippen molar-refractivity contribution in [3.05, 3.63) is 52.4 Å². The van der Waals surface area contributed by atoms with Gasteiger partial charge in [0.25, 0.3) is 0 Å². The molecule has 90 valence electrons. The Balaban J connectivity index is 2.12. The first-order valence-electron chi connectivity index (χ1n) is 5.03. The van der Waals surface area contributed by atoms with E-state index in [2.05, 4.69) is 21.2 Å². The zero-order valence-electron chi connectivity index (χ0n) is 9.01. The Kier molecular flexibility index (Phi) is 3.47. The average Bonchev–Trinajstić information content (AvgIpc) is 2.70. The van der Waals surface area contributed by atoms with Gasteiger partial charge in [-0.15, -0.1) is 0 Å². The Morgan fingerprint density at radius 1 is 1.18 bits per heavy atom. The largest absolute Gasteiger partial charge is 0.452 e. The second kappa shape index (κ2) is 4.87. The summed E-state index contributed by atoms with van der Waals surface area (Å²) in [6.45, 7) is 1.87. The van der Waals surface area contributed by atoms with Crippen molar-refractivity contribution in [1.29, 1.82) is 0 Å². The van der Waals surface area contributed by atoms with Gasteiger partial charge >= 0.3 is 0 Å². The SMILES string of the molecule is CC(Nc1ccc(F)c(F)c1)c1ccc(Br)o1. The third-order valence-electron chi connectivity index (χ3n) is 2.32. The summed E-state index contributed by atoms with van der Waals surface area (Å²) < 4.78 is 31.7. The lowest BCUT2D eigenvalue weighted by Crippen LogP contribution is -2.05. The number of anilines is 1. The monoisotopic (exact) mass is 301 g/mol. The van der Waals surface area contributed by atoms with Crippen molar-refractivity contribution >= 4 is 21.6 Å². The van der Waals surface area contributed by atoms with Gasteiger partial charge in [-0.3, -0.25) is 0 Å². The Morgan fingerprint density at radius 3 is 2.53 bits per heavy atom. The van der Waals surface area contributed by atoms with E-state index in [-0.39, 0.29) is 6.04 Å². The molecular weight excluding hydrogens is 292 g/mol. The topological polar surface area (TPSA) is 25.2 Å². The zero-order valence-corrected chi connectivity index (χ0v) is 10.6. The molecule has 0 aliphatic heterocycles. The predicted octanol–water partition coefficient (Wildman–Crippen LogP) is 4.49. The molecule has 0 radical (unpaired) electrons.